The van der Waals surface area contributed by atoms with Gasteiger partial charge in [0.1, 0.15) is 0 Å². The molecule has 0 N–H and O–H groups in total. The first-order valence-corrected chi connectivity index (χ1v) is 3.54. The number of carbonyl (C=O) groups excluding carboxylic acids is 1. The monoisotopic (exact) mass is 139 g/mol. The van der Waals surface area contributed by atoms with Gasteiger partial charge < -0.3 is 4.57 Å². The van der Waals surface area contributed by atoms with Gasteiger partial charge in [-0.3, -0.25) is 4.79 Å². The van der Waals surface area contributed by atoms with Gasteiger partial charge in [-0.2, -0.15) is 0 Å². The quantitative estimate of drug-likeness (QED) is 0.537. The van der Waals surface area contributed by atoms with Gasteiger partial charge in [-0.1, -0.05) is 0 Å². The number of aromatic nitrogens is 1. The van der Waals surface area contributed by atoms with Crippen molar-refractivity contribution in [3.8, 4) is 0 Å². The molecule has 0 atom stereocenters. The zero-order valence-electron chi connectivity index (χ0n) is 4.70. The molecule has 0 aliphatic carbocycles. The van der Waals surface area contributed by atoms with Crippen molar-refractivity contribution < 1.29 is 4.79 Å². The highest BCUT2D eigenvalue weighted by Crippen LogP contribution is 2.26. The molecule has 1 aromatic heterocycles. The smallest absolute Gasteiger partial charge is 0.214 e. The highest BCUT2D eigenvalue weighted by molar-refractivity contribution is 8.13. The molecule has 1 aliphatic heterocycles. The second-order valence-electron chi connectivity index (χ2n) is 1.95. The Hall–Kier alpha value is -0.700. The first-order valence-electron chi connectivity index (χ1n) is 2.72. The van der Waals surface area contributed by atoms with Crippen molar-refractivity contribution in [2.24, 2.45) is 0 Å². The molecular weight excluding hydrogens is 134 g/mol. The second-order valence-corrected chi connectivity index (χ2v) is 3.03. The minimum Gasteiger partial charge on any atom is -0.334 e. The average molecular weight is 139 g/mol. The zero-order chi connectivity index (χ0) is 6.27. The predicted molar refractivity (Wildman–Crippen MR) is 35.3 cm³/mol. The van der Waals surface area contributed by atoms with E-state index in [1.54, 1.807) is 0 Å². The third kappa shape index (κ3) is 0.685. The van der Waals surface area contributed by atoms with Crippen molar-refractivity contribution in [3.63, 3.8) is 0 Å². The number of hydrogen-bond acceptors (Lipinski definition) is 2. The van der Waals surface area contributed by atoms with Crippen LogP contribution in [0.2, 0.25) is 0 Å². The SMILES string of the molecule is O=C1Cn2cccc2S1. The Kier molecular flexibility index (Phi) is 0.931. The van der Waals surface area contributed by atoms with Gasteiger partial charge in [-0.15, -0.1) is 0 Å². The Morgan fingerprint density at radius 3 is 3.33 bits per heavy atom. The fourth-order valence-electron chi connectivity index (χ4n) is 0.910. The van der Waals surface area contributed by atoms with Gasteiger partial charge in [-0.05, 0) is 23.9 Å². The Morgan fingerprint density at radius 1 is 1.67 bits per heavy atom. The van der Waals surface area contributed by atoms with Crippen molar-refractivity contribution in [1.82, 2.24) is 4.57 Å². The maximum absolute atomic E-state index is 10.7. The molecule has 1 aromatic rings. The summed E-state index contributed by atoms with van der Waals surface area (Å²) in [5.74, 6) is 0. The maximum atomic E-state index is 10.7. The molecule has 0 aromatic carbocycles. The number of nitrogens with zero attached hydrogens (tertiary/aromatic N) is 1. The van der Waals surface area contributed by atoms with Crippen molar-refractivity contribution >= 4 is 16.9 Å². The van der Waals surface area contributed by atoms with Crippen LogP contribution in [0.1, 0.15) is 0 Å². The summed E-state index contributed by atoms with van der Waals surface area (Å²) in [6.45, 7) is 0.549. The zero-order valence-corrected chi connectivity index (χ0v) is 5.52. The summed E-state index contributed by atoms with van der Waals surface area (Å²) in [5, 5.41) is 1.31. The van der Waals surface area contributed by atoms with Gasteiger partial charge >= 0.3 is 0 Å². The summed E-state index contributed by atoms with van der Waals surface area (Å²) >= 11 is 1.32. The number of rotatable bonds is 0. The number of carbonyl (C=O) groups is 1. The van der Waals surface area contributed by atoms with Gasteiger partial charge in [0.25, 0.3) is 0 Å². The second kappa shape index (κ2) is 1.64. The van der Waals surface area contributed by atoms with Crippen molar-refractivity contribution in [3.05, 3.63) is 18.3 Å². The minimum absolute atomic E-state index is 0.241. The van der Waals surface area contributed by atoms with Crippen molar-refractivity contribution in [2.75, 3.05) is 0 Å². The van der Waals surface area contributed by atoms with Gasteiger partial charge in [0.2, 0.25) is 5.12 Å². The third-order valence-corrected chi connectivity index (χ3v) is 2.24. The van der Waals surface area contributed by atoms with Gasteiger partial charge in [0, 0.05) is 6.20 Å². The maximum Gasteiger partial charge on any atom is 0.214 e. The molecule has 0 radical (unpaired) electrons. The lowest BCUT2D eigenvalue weighted by Crippen LogP contribution is -1.94. The summed E-state index contributed by atoms with van der Waals surface area (Å²) in [7, 11) is 0. The molecule has 1 aliphatic rings. The van der Waals surface area contributed by atoms with E-state index in [0.29, 0.717) is 6.54 Å². The van der Waals surface area contributed by atoms with Crippen LogP contribution in [0, 0.1) is 0 Å². The molecule has 0 amide bonds. The topological polar surface area (TPSA) is 22.0 Å². The van der Waals surface area contributed by atoms with Crippen LogP contribution < -0.4 is 0 Å². The van der Waals surface area contributed by atoms with Crippen molar-refractivity contribution in [1.29, 1.82) is 0 Å². The number of fused-ring (bicyclic) bond motifs is 1. The van der Waals surface area contributed by atoms with Crippen LogP contribution in [0.5, 0.6) is 0 Å². The van der Waals surface area contributed by atoms with Gasteiger partial charge in [0.05, 0.1) is 11.6 Å². The van der Waals surface area contributed by atoms with E-state index in [1.165, 1.54) is 11.8 Å². The molecule has 2 nitrogen and oxygen atoms in total. The lowest BCUT2D eigenvalue weighted by Gasteiger charge is -1.87. The first-order chi connectivity index (χ1) is 4.36. The van der Waals surface area contributed by atoms with Crippen LogP contribution in [-0.4, -0.2) is 9.68 Å². The molecule has 0 fully saturated rings. The summed E-state index contributed by atoms with van der Waals surface area (Å²) in [5.41, 5.74) is 0. The van der Waals surface area contributed by atoms with Crippen LogP contribution in [0.3, 0.4) is 0 Å². The molecule has 46 valence electrons. The van der Waals surface area contributed by atoms with Crippen LogP contribution in [0.25, 0.3) is 0 Å². The number of hydrogen-bond donors (Lipinski definition) is 0. The van der Waals surface area contributed by atoms with E-state index >= 15 is 0 Å². The standard InChI is InChI=1S/C6H5NOS/c8-6-4-7-3-1-2-5(7)9-6/h1-3H,4H2. The highest BCUT2D eigenvalue weighted by Gasteiger charge is 2.16. The van der Waals surface area contributed by atoms with E-state index < -0.39 is 0 Å². The van der Waals surface area contributed by atoms with E-state index in [1.807, 2.05) is 22.9 Å². The Morgan fingerprint density at radius 2 is 2.56 bits per heavy atom. The fraction of sp³-hybridized carbons (Fsp3) is 0.167. The van der Waals surface area contributed by atoms with Gasteiger partial charge in [0.15, 0.2) is 0 Å². The first kappa shape index (κ1) is 5.11. The normalized spacial score (nSPS) is 16.2. The van der Waals surface area contributed by atoms with Crippen LogP contribution in [-0.2, 0) is 11.3 Å². The molecule has 0 spiro atoms. The molecule has 0 bridgehead atoms. The lowest BCUT2D eigenvalue weighted by atomic mass is 10.7. The molecule has 2 heterocycles. The Labute approximate surface area is 56.9 Å². The Balaban J connectivity index is 2.49. The van der Waals surface area contributed by atoms with Crippen LogP contribution in [0.4, 0.5) is 0 Å². The summed E-state index contributed by atoms with van der Waals surface area (Å²) in [6.07, 6.45) is 1.92. The summed E-state index contributed by atoms with van der Waals surface area (Å²) in [6, 6.07) is 3.91. The van der Waals surface area contributed by atoms with Crippen LogP contribution >= 0.6 is 11.8 Å². The van der Waals surface area contributed by atoms with Gasteiger partial charge in [-0.25, -0.2) is 0 Å². The minimum atomic E-state index is 0.241. The van der Waals surface area contributed by atoms with E-state index in [9.17, 15) is 4.79 Å². The average Bonchev–Trinajstić information content (AvgIpc) is 2.22. The van der Waals surface area contributed by atoms with E-state index in [2.05, 4.69) is 0 Å². The highest BCUT2D eigenvalue weighted by atomic mass is 32.2. The van der Waals surface area contributed by atoms with Crippen molar-refractivity contribution in [2.45, 2.75) is 11.6 Å². The molecular formula is C6H5NOS. The third-order valence-electron chi connectivity index (χ3n) is 1.31. The van der Waals surface area contributed by atoms with E-state index in [0.717, 1.165) is 5.03 Å². The van der Waals surface area contributed by atoms with E-state index in [4.69, 9.17) is 0 Å². The predicted octanol–water partition coefficient (Wildman–Crippen LogP) is 1.12. The molecule has 0 saturated heterocycles. The largest absolute Gasteiger partial charge is 0.334 e. The molecule has 3 heteroatoms. The fourth-order valence-corrected chi connectivity index (χ4v) is 1.74. The van der Waals surface area contributed by atoms with Crippen LogP contribution in [0.15, 0.2) is 23.4 Å². The molecule has 0 unspecified atom stereocenters. The summed E-state index contributed by atoms with van der Waals surface area (Å²) in [4.78, 5) is 10.7. The summed E-state index contributed by atoms with van der Waals surface area (Å²) < 4.78 is 1.95. The molecule has 0 saturated carbocycles. The Bertz CT molecular complexity index is 231. The molecule has 2 rings (SSSR count). The van der Waals surface area contributed by atoms with E-state index in [-0.39, 0.29) is 5.12 Å². The lowest BCUT2D eigenvalue weighted by molar-refractivity contribution is -0.111. The number of thioether (sulfide) groups is 1. The molecule has 9 heavy (non-hydrogen) atoms.